The number of nitrogens with zero attached hydrogens (tertiary/aromatic N) is 1. The molecule has 0 aliphatic carbocycles. The maximum absolute atomic E-state index is 12.3. The van der Waals surface area contributed by atoms with Crippen molar-refractivity contribution in [2.45, 2.75) is 0 Å². The first kappa shape index (κ1) is 18.6. The average Bonchev–Trinajstić information content (AvgIpc) is 3.13. The number of carbonyl (C=O) groups excluding carboxylic acids is 1. The van der Waals surface area contributed by atoms with Gasteiger partial charge in [0.25, 0.3) is 0 Å². The number of fused-ring (bicyclic) bond motifs is 1. The van der Waals surface area contributed by atoms with Crippen molar-refractivity contribution in [2.24, 2.45) is 4.99 Å². The summed E-state index contributed by atoms with van der Waals surface area (Å²) in [6, 6.07) is 10.8. The molecule has 0 radical (unpaired) electrons. The van der Waals surface area contributed by atoms with Gasteiger partial charge in [-0.1, -0.05) is 0 Å². The quantitative estimate of drug-likeness (QED) is 0.573. The number of aliphatic imine (C=N–C) groups is 1. The van der Waals surface area contributed by atoms with Crippen molar-refractivity contribution in [1.82, 2.24) is 0 Å². The first-order valence-electron chi connectivity index (χ1n) is 8.87. The van der Waals surface area contributed by atoms with Crippen molar-refractivity contribution in [3.8, 4) is 23.0 Å². The van der Waals surface area contributed by atoms with Gasteiger partial charge in [-0.2, -0.15) is 0 Å². The van der Waals surface area contributed by atoms with Crippen LogP contribution >= 0.6 is 0 Å². The maximum atomic E-state index is 12.3. The molecule has 2 aromatic carbocycles. The second-order valence-electron chi connectivity index (χ2n) is 6.35. The summed E-state index contributed by atoms with van der Waals surface area (Å²) in [5.41, 5.74) is 2.50. The molecule has 0 aromatic heterocycles. The zero-order valence-corrected chi connectivity index (χ0v) is 16.2. The third kappa shape index (κ3) is 3.80. The third-order valence-electron chi connectivity index (χ3n) is 4.50. The van der Waals surface area contributed by atoms with E-state index in [0.717, 1.165) is 22.6 Å². The van der Waals surface area contributed by atoms with Crippen LogP contribution < -0.4 is 18.9 Å². The predicted molar refractivity (Wildman–Crippen MR) is 107 cm³/mol. The molecule has 7 heteroatoms. The van der Waals surface area contributed by atoms with Crippen LogP contribution in [0.2, 0.25) is 0 Å². The topological polar surface area (TPSA) is 75.6 Å². The van der Waals surface area contributed by atoms with Gasteiger partial charge >= 0.3 is 5.97 Å². The molecule has 0 atom stereocenters. The van der Waals surface area contributed by atoms with E-state index in [1.165, 1.54) is 0 Å². The molecular weight excluding hydrogens is 374 g/mol. The molecule has 0 fully saturated rings. The Bertz CT molecular complexity index is 1040. The van der Waals surface area contributed by atoms with Crippen molar-refractivity contribution >= 4 is 17.9 Å². The fraction of sp³-hybridized carbons (Fsp3) is 0.182. The van der Waals surface area contributed by atoms with Gasteiger partial charge in [0, 0.05) is 23.3 Å². The minimum Gasteiger partial charge on any atom is -0.497 e. The van der Waals surface area contributed by atoms with E-state index in [4.69, 9.17) is 23.7 Å². The molecule has 0 saturated carbocycles. The molecule has 0 N–H and O–H groups in total. The summed E-state index contributed by atoms with van der Waals surface area (Å²) in [6.45, 7) is 0.314. The molecule has 2 aliphatic heterocycles. The number of rotatable bonds is 5. The van der Waals surface area contributed by atoms with Gasteiger partial charge in [0.2, 0.25) is 5.90 Å². The first-order chi connectivity index (χ1) is 14.1. The summed E-state index contributed by atoms with van der Waals surface area (Å²) in [5.74, 6) is 2.27. The molecule has 7 nitrogen and oxygen atoms in total. The zero-order chi connectivity index (χ0) is 20.4. The number of carbonyl (C=O) groups is 1. The SMILES string of the molecule is COc1cc(OC)cc(C2=N/C(=C\C3=Cc4ccc(OC)cc4OC3)C(=O)O2)c1. The Morgan fingerprint density at radius 1 is 0.966 bits per heavy atom. The van der Waals surface area contributed by atoms with E-state index in [9.17, 15) is 4.79 Å². The molecule has 0 spiro atoms. The van der Waals surface area contributed by atoms with Crippen LogP contribution in [0.25, 0.3) is 6.08 Å². The van der Waals surface area contributed by atoms with Crippen LogP contribution in [0.15, 0.2) is 58.7 Å². The molecule has 4 rings (SSSR count). The standard InChI is InChI=1S/C22H19NO6/c1-25-16-5-4-14-6-13(12-28-20(14)11-16)7-19-22(24)29-21(23-19)15-8-17(26-2)10-18(9-15)27-3/h4-11H,12H2,1-3H3/b19-7-. The summed E-state index contributed by atoms with van der Waals surface area (Å²) in [4.78, 5) is 16.7. The van der Waals surface area contributed by atoms with E-state index in [0.29, 0.717) is 23.7 Å². The second-order valence-corrected chi connectivity index (χ2v) is 6.35. The van der Waals surface area contributed by atoms with E-state index in [-0.39, 0.29) is 11.6 Å². The lowest BCUT2D eigenvalue weighted by molar-refractivity contribution is -0.130. The predicted octanol–water partition coefficient (Wildman–Crippen LogP) is 3.38. The lowest BCUT2D eigenvalue weighted by atomic mass is 10.1. The highest BCUT2D eigenvalue weighted by Gasteiger charge is 2.26. The lowest BCUT2D eigenvalue weighted by Gasteiger charge is -2.16. The molecule has 29 heavy (non-hydrogen) atoms. The number of ether oxygens (including phenoxy) is 5. The zero-order valence-electron chi connectivity index (χ0n) is 16.2. The van der Waals surface area contributed by atoms with Crippen molar-refractivity contribution in [2.75, 3.05) is 27.9 Å². The largest absolute Gasteiger partial charge is 0.497 e. The molecule has 2 aliphatic rings. The second kappa shape index (κ2) is 7.71. The van der Waals surface area contributed by atoms with Crippen LogP contribution in [0.3, 0.4) is 0 Å². The number of hydrogen-bond donors (Lipinski definition) is 0. The Morgan fingerprint density at radius 3 is 2.38 bits per heavy atom. The van der Waals surface area contributed by atoms with Gasteiger partial charge in [-0.05, 0) is 42.0 Å². The normalized spacial score (nSPS) is 16.4. The number of methoxy groups -OCH3 is 3. The van der Waals surface area contributed by atoms with Gasteiger partial charge in [-0.25, -0.2) is 9.79 Å². The summed E-state index contributed by atoms with van der Waals surface area (Å²) < 4.78 is 26.8. The van der Waals surface area contributed by atoms with E-state index in [1.54, 1.807) is 45.6 Å². The number of cyclic esters (lactones) is 1. The summed E-state index contributed by atoms with van der Waals surface area (Å²) in [6.07, 6.45) is 3.61. The molecule has 0 unspecified atom stereocenters. The molecule has 148 valence electrons. The van der Waals surface area contributed by atoms with Crippen molar-refractivity contribution in [3.05, 3.63) is 64.9 Å². The van der Waals surface area contributed by atoms with Gasteiger partial charge in [0.15, 0.2) is 5.70 Å². The van der Waals surface area contributed by atoms with Crippen molar-refractivity contribution in [3.63, 3.8) is 0 Å². The highest BCUT2D eigenvalue weighted by Crippen LogP contribution is 2.32. The molecule has 2 aromatic rings. The highest BCUT2D eigenvalue weighted by atomic mass is 16.6. The Hall–Kier alpha value is -3.74. The molecular formula is C22H19NO6. The smallest absolute Gasteiger partial charge is 0.363 e. The molecule has 0 amide bonds. The van der Waals surface area contributed by atoms with Crippen LogP contribution in [0.5, 0.6) is 23.0 Å². The van der Waals surface area contributed by atoms with Crippen LogP contribution in [0.1, 0.15) is 11.1 Å². The van der Waals surface area contributed by atoms with E-state index >= 15 is 0 Å². The fourth-order valence-electron chi connectivity index (χ4n) is 3.01. The van der Waals surface area contributed by atoms with Gasteiger partial charge < -0.3 is 23.7 Å². The number of esters is 1. The lowest BCUT2D eigenvalue weighted by Crippen LogP contribution is -2.08. The van der Waals surface area contributed by atoms with Gasteiger partial charge in [-0.3, -0.25) is 0 Å². The molecule has 0 saturated heterocycles. The molecule has 2 heterocycles. The van der Waals surface area contributed by atoms with Crippen LogP contribution in [0, 0.1) is 0 Å². The minimum absolute atomic E-state index is 0.195. The van der Waals surface area contributed by atoms with E-state index < -0.39 is 5.97 Å². The Kier molecular flexibility index (Phi) is 4.95. The Balaban J connectivity index is 1.64. The summed E-state index contributed by atoms with van der Waals surface area (Å²) in [7, 11) is 4.71. The number of benzene rings is 2. The van der Waals surface area contributed by atoms with Gasteiger partial charge in [0.1, 0.15) is 29.6 Å². The molecule has 0 bridgehead atoms. The monoisotopic (exact) mass is 393 g/mol. The average molecular weight is 393 g/mol. The Morgan fingerprint density at radius 2 is 1.69 bits per heavy atom. The number of hydrogen-bond acceptors (Lipinski definition) is 7. The highest BCUT2D eigenvalue weighted by molar-refractivity contribution is 6.11. The van der Waals surface area contributed by atoms with Crippen LogP contribution in [-0.2, 0) is 9.53 Å². The summed E-state index contributed by atoms with van der Waals surface area (Å²) >= 11 is 0. The van der Waals surface area contributed by atoms with Crippen LogP contribution in [0.4, 0.5) is 0 Å². The van der Waals surface area contributed by atoms with Crippen molar-refractivity contribution in [1.29, 1.82) is 0 Å². The van der Waals surface area contributed by atoms with E-state index in [1.807, 2.05) is 24.3 Å². The summed E-state index contributed by atoms with van der Waals surface area (Å²) in [5, 5.41) is 0. The third-order valence-corrected chi connectivity index (χ3v) is 4.50. The Labute approximate surface area is 167 Å². The van der Waals surface area contributed by atoms with Crippen molar-refractivity contribution < 1.29 is 28.5 Å². The fourth-order valence-corrected chi connectivity index (χ4v) is 3.01. The van der Waals surface area contributed by atoms with Gasteiger partial charge in [0.05, 0.1) is 21.3 Å². The van der Waals surface area contributed by atoms with E-state index in [2.05, 4.69) is 4.99 Å². The van der Waals surface area contributed by atoms with Crippen LogP contribution in [-0.4, -0.2) is 39.8 Å². The maximum Gasteiger partial charge on any atom is 0.363 e. The first-order valence-corrected chi connectivity index (χ1v) is 8.87. The minimum atomic E-state index is -0.525. The van der Waals surface area contributed by atoms with Gasteiger partial charge in [-0.15, -0.1) is 0 Å².